The van der Waals surface area contributed by atoms with Crippen LogP contribution in [0.5, 0.6) is 0 Å². The second kappa shape index (κ2) is 11.4. The molecule has 2 unspecified atom stereocenters. The lowest BCUT2D eigenvalue weighted by Gasteiger charge is -2.18. The average molecular weight is 398 g/mol. The SMILES string of the molecule is CC(C)CCC(C)NC(=O)COC(=O)CC(NC(N)=O)c1ccc(Cl)cc1. The highest BCUT2D eigenvalue weighted by molar-refractivity contribution is 6.30. The molecule has 150 valence electrons. The summed E-state index contributed by atoms with van der Waals surface area (Å²) in [6, 6.07) is 5.23. The predicted molar refractivity (Wildman–Crippen MR) is 104 cm³/mol. The van der Waals surface area contributed by atoms with Crippen LogP contribution in [-0.4, -0.2) is 30.6 Å². The molecule has 0 saturated heterocycles. The number of nitrogens with two attached hydrogens (primary N) is 1. The number of nitrogens with one attached hydrogen (secondary N) is 2. The smallest absolute Gasteiger partial charge is 0.312 e. The topological polar surface area (TPSA) is 111 Å². The number of carbonyl (C=O) groups excluding carboxylic acids is 3. The quantitative estimate of drug-likeness (QED) is 0.527. The highest BCUT2D eigenvalue weighted by Gasteiger charge is 2.19. The van der Waals surface area contributed by atoms with E-state index in [1.807, 2.05) is 6.92 Å². The lowest BCUT2D eigenvalue weighted by molar-refractivity contribution is -0.149. The maximum atomic E-state index is 12.1. The number of ether oxygens (including phenoxy) is 1. The van der Waals surface area contributed by atoms with E-state index in [1.54, 1.807) is 24.3 Å². The third-order valence-electron chi connectivity index (χ3n) is 3.91. The van der Waals surface area contributed by atoms with E-state index in [4.69, 9.17) is 22.1 Å². The van der Waals surface area contributed by atoms with Gasteiger partial charge >= 0.3 is 12.0 Å². The molecule has 3 amide bonds. The van der Waals surface area contributed by atoms with E-state index in [0.717, 1.165) is 12.8 Å². The molecule has 0 aromatic heterocycles. The Hall–Kier alpha value is -2.28. The van der Waals surface area contributed by atoms with E-state index in [9.17, 15) is 14.4 Å². The average Bonchev–Trinajstić information content (AvgIpc) is 2.58. The van der Waals surface area contributed by atoms with E-state index < -0.39 is 18.0 Å². The first-order valence-electron chi connectivity index (χ1n) is 8.93. The van der Waals surface area contributed by atoms with Crippen molar-refractivity contribution < 1.29 is 19.1 Å². The first-order valence-corrected chi connectivity index (χ1v) is 9.31. The molecule has 4 N–H and O–H groups in total. The van der Waals surface area contributed by atoms with Crippen molar-refractivity contribution in [1.29, 1.82) is 0 Å². The van der Waals surface area contributed by atoms with Crippen LogP contribution in [-0.2, 0) is 14.3 Å². The molecule has 0 radical (unpaired) electrons. The van der Waals surface area contributed by atoms with Crippen LogP contribution in [0.25, 0.3) is 0 Å². The summed E-state index contributed by atoms with van der Waals surface area (Å²) in [5.74, 6) is -0.413. The molecule has 0 bridgehead atoms. The Balaban J connectivity index is 2.50. The van der Waals surface area contributed by atoms with Crippen molar-refractivity contribution in [3.8, 4) is 0 Å². The van der Waals surface area contributed by atoms with Crippen LogP contribution in [0.15, 0.2) is 24.3 Å². The molecule has 7 nitrogen and oxygen atoms in total. The van der Waals surface area contributed by atoms with Gasteiger partial charge in [-0.2, -0.15) is 0 Å². The molecule has 2 atom stereocenters. The number of halogens is 1. The van der Waals surface area contributed by atoms with E-state index in [1.165, 1.54) is 0 Å². The standard InChI is InChI=1S/C19H28ClN3O4/c1-12(2)4-5-13(3)22-17(24)11-27-18(25)10-16(23-19(21)26)14-6-8-15(20)9-7-14/h6-9,12-13,16H,4-5,10-11H2,1-3H3,(H,22,24)(H3,21,23,26). The number of amides is 3. The van der Waals surface area contributed by atoms with Crippen molar-refractivity contribution in [2.45, 2.75) is 52.1 Å². The van der Waals surface area contributed by atoms with Gasteiger partial charge in [0.1, 0.15) is 0 Å². The minimum absolute atomic E-state index is 0.0111. The van der Waals surface area contributed by atoms with Gasteiger partial charge in [-0.05, 0) is 43.4 Å². The highest BCUT2D eigenvalue weighted by Crippen LogP contribution is 2.20. The minimum Gasteiger partial charge on any atom is -0.456 e. The van der Waals surface area contributed by atoms with Gasteiger partial charge in [0.15, 0.2) is 6.61 Å². The summed E-state index contributed by atoms with van der Waals surface area (Å²) in [6.45, 7) is 5.78. The van der Waals surface area contributed by atoms with E-state index >= 15 is 0 Å². The summed E-state index contributed by atoms with van der Waals surface area (Å²) in [5, 5.41) is 5.81. The fourth-order valence-corrected chi connectivity index (χ4v) is 2.59. The third-order valence-corrected chi connectivity index (χ3v) is 4.16. The van der Waals surface area contributed by atoms with Crippen LogP contribution in [0.4, 0.5) is 4.79 Å². The van der Waals surface area contributed by atoms with Gasteiger partial charge in [-0.3, -0.25) is 9.59 Å². The first kappa shape index (κ1) is 22.8. The number of benzene rings is 1. The molecule has 0 heterocycles. The van der Waals surface area contributed by atoms with Crippen molar-refractivity contribution in [3.05, 3.63) is 34.9 Å². The number of carbonyl (C=O) groups is 3. The number of urea groups is 1. The highest BCUT2D eigenvalue weighted by atomic mass is 35.5. The molecule has 0 aliphatic heterocycles. The number of esters is 1. The fraction of sp³-hybridized carbons (Fsp3) is 0.526. The molecule has 1 aromatic carbocycles. The number of rotatable bonds is 10. The molecular weight excluding hydrogens is 370 g/mol. The van der Waals surface area contributed by atoms with Gasteiger partial charge < -0.3 is 21.1 Å². The lowest BCUT2D eigenvalue weighted by atomic mass is 10.0. The molecule has 0 spiro atoms. The molecule has 0 aliphatic rings. The van der Waals surface area contributed by atoms with Crippen molar-refractivity contribution in [3.63, 3.8) is 0 Å². The van der Waals surface area contributed by atoms with Crippen LogP contribution in [0.1, 0.15) is 51.6 Å². The van der Waals surface area contributed by atoms with Crippen LogP contribution in [0.2, 0.25) is 5.02 Å². The molecule has 0 saturated carbocycles. The minimum atomic E-state index is -0.764. The van der Waals surface area contributed by atoms with E-state index in [2.05, 4.69) is 24.5 Å². The van der Waals surface area contributed by atoms with Crippen LogP contribution < -0.4 is 16.4 Å². The Morgan fingerprint density at radius 3 is 2.26 bits per heavy atom. The molecule has 0 fully saturated rings. The monoisotopic (exact) mass is 397 g/mol. The zero-order chi connectivity index (χ0) is 20.4. The number of hydrogen-bond acceptors (Lipinski definition) is 4. The molecule has 1 rings (SSSR count). The largest absolute Gasteiger partial charge is 0.456 e. The second-order valence-corrected chi connectivity index (χ2v) is 7.35. The van der Waals surface area contributed by atoms with Gasteiger partial charge in [-0.25, -0.2) is 4.79 Å². The molecule has 0 aliphatic carbocycles. The van der Waals surface area contributed by atoms with Crippen LogP contribution >= 0.6 is 11.6 Å². The Morgan fingerprint density at radius 2 is 1.70 bits per heavy atom. The van der Waals surface area contributed by atoms with Crippen molar-refractivity contribution >= 4 is 29.5 Å². The lowest BCUT2D eigenvalue weighted by Crippen LogP contribution is -2.37. The summed E-state index contributed by atoms with van der Waals surface area (Å²) < 4.78 is 5.02. The Labute approximate surface area is 165 Å². The Kier molecular flexibility index (Phi) is 9.64. The molecule has 8 heteroatoms. The third kappa shape index (κ3) is 9.84. The van der Waals surface area contributed by atoms with E-state index in [-0.39, 0.29) is 25.0 Å². The summed E-state index contributed by atoms with van der Waals surface area (Å²) in [5.41, 5.74) is 5.83. The van der Waals surface area contributed by atoms with Crippen LogP contribution in [0, 0.1) is 5.92 Å². The maximum absolute atomic E-state index is 12.1. The van der Waals surface area contributed by atoms with Gasteiger partial charge in [0.25, 0.3) is 5.91 Å². The predicted octanol–water partition coefficient (Wildman–Crippen LogP) is 2.92. The molecule has 1 aromatic rings. The molecule has 27 heavy (non-hydrogen) atoms. The summed E-state index contributed by atoms with van der Waals surface area (Å²) in [4.78, 5) is 35.1. The summed E-state index contributed by atoms with van der Waals surface area (Å²) in [6.07, 6.45) is 1.71. The normalized spacial score (nSPS) is 12.9. The van der Waals surface area contributed by atoms with Gasteiger partial charge in [0.2, 0.25) is 0 Å². The van der Waals surface area contributed by atoms with Crippen molar-refractivity contribution in [1.82, 2.24) is 10.6 Å². The Bertz CT molecular complexity index is 634. The van der Waals surface area contributed by atoms with Gasteiger partial charge in [0.05, 0.1) is 12.5 Å². The second-order valence-electron chi connectivity index (χ2n) is 6.92. The van der Waals surface area contributed by atoms with Crippen molar-refractivity contribution in [2.75, 3.05) is 6.61 Å². The summed E-state index contributed by atoms with van der Waals surface area (Å²) in [7, 11) is 0. The van der Waals surface area contributed by atoms with Gasteiger partial charge in [-0.15, -0.1) is 0 Å². The summed E-state index contributed by atoms with van der Waals surface area (Å²) >= 11 is 5.85. The fourth-order valence-electron chi connectivity index (χ4n) is 2.46. The van der Waals surface area contributed by atoms with Gasteiger partial charge in [-0.1, -0.05) is 37.6 Å². The first-order chi connectivity index (χ1) is 12.7. The Morgan fingerprint density at radius 1 is 1.07 bits per heavy atom. The van der Waals surface area contributed by atoms with Gasteiger partial charge in [0, 0.05) is 11.1 Å². The number of primary amides is 1. The zero-order valence-electron chi connectivity index (χ0n) is 16.0. The molecular formula is C19H28ClN3O4. The van der Waals surface area contributed by atoms with E-state index in [0.29, 0.717) is 16.5 Å². The van der Waals surface area contributed by atoms with Crippen LogP contribution in [0.3, 0.4) is 0 Å². The number of hydrogen-bond donors (Lipinski definition) is 3. The maximum Gasteiger partial charge on any atom is 0.312 e. The van der Waals surface area contributed by atoms with Crippen molar-refractivity contribution in [2.24, 2.45) is 11.7 Å². The zero-order valence-corrected chi connectivity index (χ0v) is 16.7.